The Morgan fingerprint density at radius 2 is 0.520 bits per heavy atom. The van der Waals surface area contributed by atoms with Crippen molar-refractivity contribution in [1.82, 2.24) is 0 Å². The molecule has 9 nitrogen and oxygen atoms in total. The smallest absolute Gasteiger partial charge is 0.256 e. The highest BCUT2D eigenvalue weighted by Crippen LogP contribution is 2.50. The third-order valence-electron chi connectivity index (χ3n) is 21.8. The summed E-state index contributed by atoms with van der Waals surface area (Å²) >= 11 is 0. The van der Waals surface area contributed by atoms with Gasteiger partial charge in [0.1, 0.15) is 11.5 Å². The summed E-state index contributed by atoms with van der Waals surface area (Å²) < 4.78 is 7.20. The molecular formula is C88H65B3N8O. The molecule has 100 heavy (non-hydrogen) atoms. The second-order valence-corrected chi connectivity index (χ2v) is 27.0. The molecule has 0 aromatic heterocycles. The third-order valence-corrected chi connectivity index (χ3v) is 21.8. The van der Waals surface area contributed by atoms with E-state index >= 15 is 0 Å². The van der Waals surface area contributed by atoms with Crippen LogP contribution in [0.3, 0.4) is 0 Å². The van der Waals surface area contributed by atoms with E-state index in [0.717, 1.165) is 90.9 Å². The first kappa shape index (κ1) is 57.7. The van der Waals surface area contributed by atoms with Crippen molar-refractivity contribution in [2.24, 2.45) is 0 Å². The lowest BCUT2D eigenvalue weighted by Gasteiger charge is -2.47. The van der Waals surface area contributed by atoms with Gasteiger partial charge < -0.3 is 43.9 Å². The lowest BCUT2D eigenvalue weighted by atomic mass is 9.29. The highest BCUT2D eigenvalue weighted by atomic mass is 16.5. The van der Waals surface area contributed by atoms with E-state index in [1.165, 1.54) is 83.5 Å². The molecule has 20 rings (SSSR count). The fourth-order valence-electron chi connectivity index (χ4n) is 17.4. The normalized spacial score (nSPS) is 13.5. The monoisotopic (exact) mass is 1280 g/mol. The van der Waals surface area contributed by atoms with Crippen LogP contribution < -0.4 is 93.1 Å². The van der Waals surface area contributed by atoms with E-state index in [0.29, 0.717) is 0 Å². The standard InChI is InChI=1S/C88H65B3N8O/c1-92-77-56-75-70(89-68-44-26-28-46-74(68)99(64-42-24-11-25-43-64)83-52-66(50-81(87(83)89)94(75)3)97(60-34-16-7-17-35-60)61-36-18-8-19-37-61)54-72(77)91-73-55-71-76(57-78(73)93(2)80-49-65(48-79(92)86(80)91)96(58-30-12-5-13-31-58)59-32-14-6-15-33-59)95(4)82-51-67(53-85-88(82)90(71)69-45-27-29-47-84(69)100-85)98(62-38-20-9-21-39-62)63-40-22-10-23-41-63/h5-57H,1-4H3. The van der Waals surface area contributed by atoms with Gasteiger partial charge in [0.25, 0.3) is 20.1 Å². The van der Waals surface area contributed by atoms with Gasteiger partial charge in [-0.15, -0.1) is 0 Å². The van der Waals surface area contributed by atoms with E-state index in [9.17, 15) is 0 Å². The SMILES string of the molecule is CN1c2cc3c(cc2B2c4ccccc4Oc4cc(N(c5ccccc5)c5ccccc5)cc1c42)B1c2cc4c(cc2N(C)c2cc(N(c5ccccc5)c5ccccc5)cc(c21)N3C)N(C)c1cc(N(c2ccccc2)c2ccccc2)cc2c1B4c1ccccc1N2c1ccccc1. The molecule has 0 unspecified atom stereocenters. The molecule has 0 saturated carbocycles. The average molecular weight is 1280 g/mol. The second-order valence-electron chi connectivity index (χ2n) is 27.0. The van der Waals surface area contributed by atoms with Gasteiger partial charge in [-0.3, -0.25) is 0 Å². The van der Waals surface area contributed by atoms with E-state index in [4.69, 9.17) is 4.74 Å². The van der Waals surface area contributed by atoms with E-state index in [2.05, 4.69) is 389 Å². The minimum atomic E-state index is -0.179. The number of anilines is 20. The molecule has 0 atom stereocenters. The zero-order valence-corrected chi connectivity index (χ0v) is 55.8. The number of fused-ring (bicyclic) bond motifs is 12. The summed E-state index contributed by atoms with van der Waals surface area (Å²) in [6.45, 7) is -0.426. The van der Waals surface area contributed by atoms with Gasteiger partial charge in [-0.1, -0.05) is 176 Å². The Bertz CT molecular complexity index is 5470. The van der Waals surface area contributed by atoms with Crippen molar-refractivity contribution < 1.29 is 4.74 Å². The van der Waals surface area contributed by atoms with E-state index in [1.54, 1.807) is 0 Å². The first-order valence-electron chi connectivity index (χ1n) is 34.6. The zero-order valence-electron chi connectivity index (χ0n) is 55.8. The number of hydrogen-bond donors (Lipinski definition) is 0. The van der Waals surface area contributed by atoms with Crippen LogP contribution >= 0.6 is 0 Å². The van der Waals surface area contributed by atoms with Crippen LogP contribution in [-0.4, -0.2) is 48.3 Å². The molecule has 6 aliphatic heterocycles. The maximum Gasteiger partial charge on any atom is 0.256 e. The molecule has 14 aromatic rings. The largest absolute Gasteiger partial charge is 0.458 e. The van der Waals surface area contributed by atoms with Crippen LogP contribution in [-0.2, 0) is 0 Å². The molecule has 0 saturated heterocycles. The van der Waals surface area contributed by atoms with Gasteiger partial charge in [0.2, 0.25) is 0 Å². The Kier molecular flexibility index (Phi) is 13.0. The van der Waals surface area contributed by atoms with Crippen molar-refractivity contribution in [3.05, 3.63) is 322 Å². The molecular weight excluding hydrogens is 1220 g/mol. The molecule has 0 fully saturated rings. The number of nitrogens with zero attached hydrogens (tertiary/aromatic N) is 8. The molecule has 6 aliphatic rings. The number of hydrogen-bond acceptors (Lipinski definition) is 9. The van der Waals surface area contributed by atoms with Crippen LogP contribution in [0.25, 0.3) is 0 Å². The Hall–Kier alpha value is -12.5. The van der Waals surface area contributed by atoms with Crippen LogP contribution in [0.5, 0.6) is 11.5 Å². The van der Waals surface area contributed by atoms with Gasteiger partial charge in [-0.25, -0.2) is 0 Å². The quantitative estimate of drug-likeness (QED) is 0.124. The molecule has 0 bridgehead atoms. The predicted octanol–water partition coefficient (Wildman–Crippen LogP) is 15.9. The molecule has 0 radical (unpaired) electrons. The number of rotatable bonds is 10. The topological polar surface area (TPSA) is 35.2 Å². The summed E-state index contributed by atoms with van der Waals surface area (Å²) in [4.78, 5) is 19.6. The summed E-state index contributed by atoms with van der Waals surface area (Å²) in [7, 11) is 9.15. The molecule has 0 amide bonds. The maximum absolute atomic E-state index is 7.20. The van der Waals surface area contributed by atoms with Gasteiger partial charge in [0, 0.05) is 131 Å². The van der Waals surface area contributed by atoms with Crippen molar-refractivity contribution in [1.29, 1.82) is 0 Å². The van der Waals surface area contributed by atoms with Crippen LogP contribution in [0.2, 0.25) is 0 Å². The van der Waals surface area contributed by atoms with Gasteiger partial charge in [0.05, 0.1) is 17.1 Å². The average Bonchev–Trinajstić information content (AvgIpc) is 0.689. The summed E-state index contributed by atoms with van der Waals surface area (Å²) in [5, 5.41) is 0. The Balaban J connectivity index is 0.833. The Morgan fingerprint density at radius 3 is 0.930 bits per heavy atom. The molecule has 0 spiro atoms. The number of para-hydroxylation sites is 9. The molecule has 0 aliphatic carbocycles. The molecule has 0 N–H and O–H groups in total. The van der Waals surface area contributed by atoms with E-state index < -0.39 is 0 Å². The summed E-state index contributed by atoms with van der Waals surface area (Å²) in [5.41, 5.74) is 33.6. The van der Waals surface area contributed by atoms with Crippen molar-refractivity contribution in [2.45, 2.75) is 0 Å². The highest BCUT2D eigenvalue weighted by Gasteiger charge is 2.49. The van der Waals surface area contributed by atoms with Crippen LogP contribution in [0.1, 0.15) is 0 Å². The van der Waals surface area contributed by atoms with Crippen molar-refractivity contribution in [3.8, 4) is 11.5 Å². The van der Waals surface area contributed by atoms with Crippen molar-refractivity contribution >= 4 is 183 Å². The first-order valence-corrected chi connectivity index (χ1v) is 34.6. The second kappa shape index (κ2) is 22.5. The summed E-state index contributed by atoms with van der Waals surface area (Å²) in [5.74, 6) is 1.74. The third kappa shape index (κ3) is 8.65. The van der Waals surface area contributed by atoms with E-state index in [1.807, 2.05) is 0 Å². The van der Waals surface area contributed by atoms with Crippen LogP contribution in [0.4, 0.5) is 114 Å². The lowest BCUT2D eigenvalue weighted by Crippen LogP contribution is -2.66. The van der Waals surface area contributed by atoms with Crippen molar-refractivity contribution in [3.63, 3.8) is 0 Å². The predicted molar refractivity (Wildman–Crippen MR) is 424 cm³/mol. The van der Waals surface area contributed by atoms with Gasteiger partial charge >= 0.3 is 0 Å². The fourth-order valence-corrected chi connectivity index (χ4v) is 17.4. The Labute approximate surface area is 584 Å². The minimum absolute atomic E-state index is 0.117. The van der Waals surface area contributed by atoms with Gasteiger partial charge in [-0.2, -0.15) is 0 Å². The molecule has 14 aromatic carbocycles. The zero-order chi connectivity index (χ0) is 66.4. The van der Waals surface area contributed by atoms with E-state index in [-0.39, 0.29) is 20.1 Å². The summed E-state index contributed by atoms with van der Waals surface area (Å²) in [6.07, 6.45) is 0. The summed E-state index contributed by atoms with van der Waals surface area (Å²) in [6, 6.07) is 118. The first-order chi connectivity index (χ1) is 49.3. The molecule has 12 heteroatoms. The molecule has 6 heterocycles. The minimum Gasteiger partial charge on any atom is -0.458 e. The number of ether oxygens (including phenoxy) is 1. The maximum atomic E-state index is 7.20. The van der Waals surface area contributed by atoms with Crippen molar-refractivity contribution in [2.75, 3.05) is 67.4 Å². The van der Waals surface area contributed by atoms with Crippen LogP contribution in [0.15, 0.2) is 322 Å². The fraction of sp³-hybridized carbons (Fsp3) is 0.0455. The highest BCUT2D eigenvalue weighted by molar-refractivity contribution is 7.04. The number of benzene rings is 14. The Morgan fingerprint density at radius 1 is 0.220 bits per heavy atom. The molecule has 472 valence electrons. The van der Waals surface area contributed by atoms with Crippen LogP contribution in [0, 0.1) is 0 Å². The lowest BCUT2D eigenvalue weighted by molar-refractivity contribution is 0.487. The van der Waals surface area contributed by atoms with Gasteiger partial charge in [-0.05, 0) is 189 Å². The van der Waals surface area contributed by atoms with Gasteiger partial charge in [0.15, 0.2) is 0 Å².